The number of imidazole rings is 1. The van der Waals surface area contributed by atoms with Gasteiger partial charge in [-0.25, -0.2) is 9.97 Å². The Balaban J connectivity index is 2.00. The van der Waals surface area contributed by atoms with Crippen molar-refractivity contribution in [1.29, 1.82) is 0 Å². The zero-order chi connectivity index (χ0) is 13.2. The van der Waals surface area contributed by atoms with Gasteiger partial charge in [-0.2, -0.15) is 0 Å². The minimum atomic E-state index is -1.02. The molecule has 0 saturated heterocycles. The van der Waals surface area contributed by atoms with E-state index in [1.807, 2.05) is 10.6 Å². The van der Waals surface area contributed by atoms with Crippen LogP contribution >= 0.6 is 15.9 Å². The average molecular weight is 328 g/mol. The van der Waals surface area contributed by atoms with Gasteiger partial charge in [-0.3, -0.25) is 0 Å². The van der Waals surface area contributed by atoms with E-state index in [2.05, 4.69) is 45.5 Å². The van der Waals surface area contributed by atoms with Gasteiger partial charge >= 0.3 is 0 Å². The summed E-state index contributed by atoms with van der Waals surface area (Å²) in [6.45, 7) is 8.40. The van der Waals surface area contributed by atoms with Crippen LogP contribution in [0.5, 0.6) is 0 Å². The molecule has 4 nitrogen and oxygen atoms in total. The molecule has 0 aliphatic rings. The molecule has 2 rings (SSSR count). The minimum absolute atomic E-state index is 0.533. The van der Waals surface area contributed by atoms with Gasteiger partial charge in [0.15, 0.2) is 5.65 Å². The van der Waals surface area contributed by atoms with E-state index in [9.17, 15) is 0 Å². The Bertz CT molecular complexity index is 536. The van der Waals surface area contributed by atoms with E-state index in [4.69, 9.17) is 4.74 Å². The molecule has 98 valence electrons. The first-order chi connectivity index (χ1) is 8.47. The Kier molecular flexibility index (Phi) is 4.19. The van der Waals surface area contributed by atoms with Gasteiger partial charge in [0, 0.05) is 25.4 Å². The van der Waals surface area contributed by atoms with Gasteiger partial charge in [0.2, 0.25) is 0 Å². The minimum Gasteiger partial charge on any atom is -0.361 e. The van der Waals surface area contributed by atoms with Crippen LogP contribution in [-0.4, -0.2) is 29.2 Å². The second-order valence-electron chi connectivity index (χ2n) is 5.53. The summed E-state index contributed by atoms with van der Waals surface area (Å²) in [4.78, 5) is 8.48. The SMILES string of the molecule is C[Si](C)(C)CCOCn1cnc2nccc(Br)c21. The third kappa shape index (κ3) is 3.40. The summed E-state index contributed by atoms with van der Waals surface area (Å²) in [5, 5.41) is 0. The van der Waals surface area contributed by atoms with Crippen molar-refractivity contribution in [3.05, 3.63) is 23.1 Å². The van der Waals surface area contributed by atoms with Crippen LogP contribution in [0.1, 0.15) is 0 Å². The third-order valence-corrected chi connectivity index (χ3v) is 5.03. The zero-order valence-electron chi connectivity index (χ0n) is 11.0. The van der Waals surface area contributed by atoms with E-state index in [1.165, 1.54) is 6.04 Å². The molecule has 0 atom stereocenters. The summed E-state index contributed by atoms with van der Waals surface area (Å²) in [5.74, 6) is 0. The van der Waals surface area contributed by atoms with Crippen LogP contribution in [0, 0.1) is 0 Å². The van der Waals surface area contributed by atoms with E-state index in [-0.39, 0.29) is 0 Å². The fourth-order valence-corrected chi connectivity index (χ4v) is 2.88. The first-order valence-electron chi connectivity index (χ1n) is 6.00. The number of hydrogen-bond acceptors (Lipinski definition) is 3. The summed E-state index contributed by atoms with van der Waals surface area (Å²) >= 11 is 3.52. The van der Waals surface area contributed by atoms with Crippen LogP contribution in [0.4, 0.5) is 0 Å². The van der Waals surface area contributed by atoms with Crippen LogP contribution in [0.25, 0.3) is 11.2 Å². The number of hydrogen-bond donors (Lipinski definition) is 0. The van der Waals surface area contributed by atoms with Crippen LogP contribution < -0.4 is 0 Å². The fourth-order valence-electron chi connectivity index (χ4n) is 1.60. The van der Waals surface area contributed by atoms with Crippen LogP contribution in [0.15, 0.2) is 23.1 Å². The molecule has 0 saturated carbocycles. The van der Waals surface area contributed by atoms with E-state index >= 15 is 0 Å². The zero-order valence-corrected chi connectivity index (χ0v) is 13.6. The standard InChI is InChI=1S/C12H18BrN3OSi/c1-18(2,3)7-6-17-9-16-8-15-12-11(16)10(13)4-5-14-12/h4-5,8H,6-7,9H2,1-3H3. The maximum absolute atomic E-state index is 5.73. The van der Waals surface area contributed by atoms with Crippen LogP contribution in [0.3, 0.4) is 0 Å². The maximum Gasteiger partial charge on any atom is 0.178 e. The first kappa shape index (κ1) is 13.7. The normalized spacial score (nSPS) is 12.2. The molecule has 6 heteroatoms. The number of ether oxygens (including phenoxy) is 1. The fraction of sp³-hybridized carbons (Fsp3) is 0.500. The third-order valence-electron chi connectivity index (χ3n) is 2.69. The van der Waals surface area contributed by atoms with Gasteiger partial charge in [0.05, 0.1) is 6.33 Å². The molecule has 2 heterocycles. The van der Waals surface area contributed by atoms with E-state index < -0.39 is 8.07 Å². The number of aromatic nitrogens is 3. The van der Waals surface area contributed by atoms with Gasteiger partial charge in [0.25, 0.3) is 0 Å². The molecule has 0 unspecified atom stereocenters. The maximum atomic E-state index is 5.73. The van der Waals surface area contributed by atoms with Crippen molar-refractivity contribution >= 4 is 35.2 Å². The topological polar surface area (TPSA) is 39.9 Å². The molecule has 0 radical (unpaired) electrons. The molecule has 0 amide bonds. The largest absolute Gasteiger partial charge is 0.361 e. The second kappa shape index (κ2) is 5.50. The van der Waals surface area contributed by atoms with Crippen LogP contribution in [0.2, 0.25) is 25.7 Å². The lowest BCUT2D eigenvalue weighted by molar-refractivity contribution is 0.0898. The predicted octanol–water partition coefficient (Wildman–Crippen LogP) is 3.51. The monoisotopic (exact) mass is 327 g/mol. The van der Waals surface area contributed by atoms with Crippen molar-refractivity contribution in [2.24, 2.45) is 0 Å². The summed E-state index contributed by atoms with van der Waals surface area (Å²) in [7, 11) is -1.02. The lowest BCUT2D eigenvalue weighted by atomic mass is 10.4. The van der Waals surface area contributed by atoms with Crippen molar-refractivity contribution in [3.8, 4) is 0 Å². The molecule has 0 bridgehead atoms. The average Bonchev–Trinajstić information content (AvgIpc) is 2.68. The Hall–Kier alpha value is -0.723. The Morgan fingerprint density at radius 3 is 2.83 bits per heavy atom. The predicted molar refractivity (Wildman–Crippen MR) is 79.3 cm³/mol. The highest BCUT2D eigenvalue weighted by Gasteiger charge is 2.12. The number of nitrogens with zero attached hydrogens (tertiary/aromatic N) is 3. The van der Waals surface area contributed by atoms with Gasteiger partial charge in [-0.1, -0.05) is 19.6 Å². The highest BCUT2D eigenvalue weighted by Crippen LogP contribution is 2.21. The Morgan fingerprint density at radius 1 is 1.33 bits per heavy atom. The molecule has 0 aliphatic carbocycles. The van der Waals surface area contributed by atoms with Gasteiger partial charge in [0.1, 0.15) is 12.2 Å². The van der Waals surface area contributed by atoms with Crippen molar-refractivity contribution in [3.63, 3.8) is 0 Å². The van der Waals surface area contributed by atoms with E-state index in [0.29, 0.717) is 6.73 Å². The highest BCUT2D eigenvalue weighted by atomic mass is 79.9. The molecule has 0 aromatic carbocycles. The van der Waals surface area contributed by atoms with Crippen LogP contribution in [-0.2, 0) is 11.5 Å². The van der Waals surface area contributed by atoms with Gasteiger partial charge in [-0.15, -0.1) is 0 Å². The lowest BCUT2D eigenvalue weighted by Gasteiger charge is -2.15. The first-order valence-corrected chi connectivity index (χ1v) is 10.5. The number of pyridine rings is 1. The second-order valence-corrected chi connectivity index (χ2v) is 12.0. The van der Waals surface area contributed by atoms with Gasteiger partial charge < -0.3 is 9.30 Å². The van der Waals surface area contributed by atoms with Gasteiger partial charge in [-0.05, 0) is 28.0 Å². The number of fused-ring (bicyclic) bond motifs is 1. The summed E-state index contributed by atoms with van der Waals surface area (Å²) in [6.07, 6.45) is 3.52. The Labute approximate surface area is 117 Å². The smallest absolute Gasteiger partial charge is 0.178 e. The number of halogens is 1. The van der Waals surface area contributed by atoms with Crippen molar-refractivity contribution in [1.82, 2.24) is 14.5 Å². The summed E-state index contributed by atoms with van der Waals surface area (Å²) in [6, 6.07) is 3.10. The molecule has 0 aliphatic heterocycles. The lowest BCUT2D eigenvalue weighted by Crippen LogP contribution is -2.21. The van der Waals surface area contributed by atoms with E-state index in [1.54, 1.807) is 12.5 Å². The molecule has 2 aromatic rings. The molecule has 0 fully saturated rings. The van der Waals surface area contributed by atoms with Crippen molar-refractivity contribution in [2.75, 3.05) is 6.61 Å². The quantitative estimate of drug-likeness (QED) is 0.623. The molecule has 0 N–H and O–H groups in total. The van der Waals surface area contributed by atoms with Crippen molar-refractivity contribution in [2.45, 2.75) is 32.4 Å². The molecule has 0 spiro atoms. The van der Waals surface area contributed by atoms with E-state index in [0.717, 1.165) is 22.2 Å². The number of rotatable bonds is 5. The summed E-state index contributed by atoms with van der Waals surface area (Å²) < 4.78 is 8.71. The molecule has 18 heavy (non-hydrogen) atoms. The molecular formula is C12H18BrN3OSi. The molecular weight excluding hydrogens is 310 g/mol. The molecule has 2 aromatic heterocycles. The summed E-state index contributed by atoms with van der Waals surface area (Å²) in [5.41, 5.74) is 1.74. The highest BCUT2D eigenvalue weighted by molar-refractivity contribution is 9.10. The van der Waals surface area contributed by atoms with Crippen molar-refractivity contribution < 1.29 is 4.74 Å². The Morgan fingerprint density at radius 2 is 2.11 bits per heavy atom.